The van der Waals surface area contributed by atoms with E-state index in [-0.39, 0.29) is 10.6 Å². The van der Waals surface area contributed by atoms with E-state index < -0.39 is 11.8 Å². The summed E-state index contributed by atoms with van der Waals surface area (Å²) in [6.45, 7) is 0. The molecule has 1 aliphatic rings. The molecule has 1 aliphatic heterocycles. The summed E-state index contributed by atoms with van der Waals surface area (Å²) < 4.78 is 5.17. The molecule has 1 N–H and O–H groups in total. The van der Waals surface area contributed by atoms with Gasteiger partial charge < -0.3 is 10.1 Å². The van der Waals surface area contributed by atoms with E-state index in [0.717, 1.165) is 9.80 Å². The van der Waals surface area contributed by atoms with Crippen LogP contribution in [0, 0.1) is 0 Å². The molecule has 4 rings (SSSR count). The summed E-state index contributed by atoms with van der Waals surface area (Å²) in [5.74, 6) is -0.223. The Hall–Kier alpha value is -2.93. The van der Waals surface area contributed by atoms with E-state index in [0.29, 0.717) is 27.2 Å². The number of hydrogen-bond acceptors (Lipinski definition) is 5. The summed E-state index contributed by atoms with van der Waals surface area (Å²) in [5.41, 5.74) is 1.30. The molecule has 0 atom stereocenters. The van der Waals surface area contributed by atoms with Crippen LogP contribution >= 0.6 is 35.0 Å². The molecule has 0 fully saturated rings. The molecule has 0 aromatic heterocycles. The van der Waals surface area contributed by atoms with Crippen molar-refractivity contribution in [2.45, 2.75) is 4.90 Å². The fourth-order valence-corrected chi connectivity index (χ4v) is 4.16. The molecule has 3 aromatic carbocycles. The number of thioether (sulfide) groups is 1. The molecule has 1 heterocycles. The zero-order valence-electron chi connectivity index (χ0n) is 16.3. The maximum absolute atomic E-state index is 13.3. The van der Waals surface area contributed by atoms with Gasteiger partial charge >= 0.3 is 0 Å². The van der Waals surface area contributed by atoms with E-state index >= 15 is 0 Å². The molecule has 0 bridgehead atoms. The van der Waals surface area contributed by atoms with Crippen molar-refractivity contribution in [1.82, 2.24) is 0 Å². The van der Waals surface area contributed by atoms with Gasteiger partial charge in [-0.2, -0.15) is 0 Å². The third-order valence-corrected chi connectivity index (χ3v) is 6.11. The predicted octanol–water partition coefficient (Wildman–Crippen LogP) is 5.99. The Morgan fingerprint density at radius 1 is 0.806 bits per heavy atom. The van der Waals surface area contributed by atoms with E-state index in [4.69, 9.17) is 27.9 Å². The second kappa shape index (κ2) is 9.06. The third-order valence-electron chi connectivity index (χ3n) is 4.52. The molecule has 5 nitrogen and oxygen atoms in total. The Kier molecular flexibility index (Phi) is 6.23. The molecular formula is C23H16Cl2N2O3S. The molecule has 0 saturated carbocycles. The molecular weight excluding hydrogens is 455 g/mol. The van der Waals surface area contributed by atoms with Gasteiger partial charge in [-0.25, -0.2) is 4.90 Å². The molecule has 0 spiro atoms. The summed E-state index contributed by atoms with van der Waals surface area (Å²) >= 11 is 13.1. The summed E-state index contributed by atoms with van der Waals surface area (Å²) in [6.07, 6.45) is 0. The van der Waals surface area contributed by atoms with Crippen molar-refractivity contribution in [2.75, 3.05) is 17.3 Å². The maximum atomic E-state index is 13.3. The summed E-state index contributed by atoms with van der Waals surface area (Å²) in [5, 5.41) is 4.25. The fraction of sp³-hybridized carbons (Fsp3) is 0.0435. The van der Waals surface area contributed by atoms with Gasteiger partial charge in [0.1, 0.15) is 16.4 Å². The first kappa shape index (κ1) is 21.3. The number of anilines is 2. The Labute approximate surface area is 193 Å². The lowest BCUT2D eigenvalue weighted by molar-refractivity contribution is -0.120. The van der Waals surface area contributed by atoms with Crippen LogP contribution in [0.1, 0.15) is 0 Å². The van der Waals surface area contributed by atoms with Crippen molar-refractivity contribution in [3.8, 4) is 5.75 Å². The summed E-state index contributed by atoms with van der Waals surface area (Å²) in [7, 11) is 1.55. The Morgan fingerprint density at radius 3 is 1.97 bits per heavy atom. The average molecular weight is 471 g/mol. The molecule has 0 radical (unpaired) electrons. The van der Waals surface area contributed by atoms with Gasteiger partial charge in [-0.15, -0.1) is 0 Å². The molecule has 156 valence electrons. The van der Waals surface area contributed by atoms with E-state index in [9.17, 15) is 9.59 Å². The Morgan fingerprint density at radius 2 is 1.39 bits per heavy atom. The van der Waals surface area contributed by atoms with Crippen LogP contribution in [0.3, 0.4) is 0 Å². The lowest BCUT2D eigenvalue weighted by atomic mass is 10.2. The van der Waals surface area contributed by atoms with Gasteiger partial charge in [-0.1, -0.05) is 35.0 Å². The van der Waals surface area contributed by atoms with Crippen LogP contribution in [-0.4, -0.2) is 18.9 Å². The molecule has 0 saturated heterocycles. The van der Waals surface area contributed by atoms with E-state index in [2.05, 4.69) is 5.32 Å². The van der Waals surface area contributed by atoms with Crippen LogP contribution < -0.4 is 15.0 Å². The topological polar surface area (TPSA) is 58.6 Å². The lowest BCUT2D eigenvalue weighted by Crippen LogP contribution is -2.32. The zero-order valence-corrected chi connectivity index (χ0v) is 18.6. The smallest absolute Gasteiger partial charge is 0.283 e. The SMILES string of the molecule is COc1ccc(N2C(=O)C(Nc3ccc(Cl)cc3)=C(Sc3ccc(Cl)cc3)C2=O)cc1. The minimum absolute atomic E-state index is 0.197. The molecule has 3 aromatic rings. The first-order valence-electron chi connectivity index (χ1n) is 9.19. The van der Waals surface area contributed by atoms with Crippen molar-refractivity contribution in [2.24, 2.45) is 0 Å². The first-order valence-corrected chi connectivity index (χ1v) is 10.8. The molecule has 31 heavy (non-hydrogen) atoms. The van der Waals surface area contributed by atoms with Crippen molar-refractivity contribution in [3.05, 3.63) is 93.4 Å². The van der Waals surface area contributed by atoms with Crippen LogP contribution in [0.25, 0.3) is 0 Å². The van der Waals surface area contributed by atoms with E-state index in [1.54, 1.807) is 79.9 Å². The monoisotopic (exact) mass is 470 g/mol. The number of rotatable bonds is 6. The lowest BCUT2D eigenvalue weighted by Gasteiger charge is -2.15. The summed E-state index contributed by atoms with van der Waals surface area (Å²) in [4.78, 5) is 28.8. The van der Waals surface area contributed by atoms with Crippen molar-refractivity contribution >= 4 is 58.2 Å². The molecule has 2 amide bonds. The minimum atomic E-state index is -0.443. The van der Waals surface area contributed by atoms with E-state index in [1.807, 2.05) is 0 Å². The number of methoxy groups -OCH3 is 1. The summed E-state index contributed by atoms with van der Waals surface area (Å²) in [6, 6.07) is 20.7. The highest BCUT2D eigenvalue weighted by molar-refractivity contribution is 8.04. The van der Waals surface area contributed by atoms with E-state index in [1.165, 1.54) is 11.8 Å². The predicted molar refractivity (Wildman–Crippen MR) is 125 cm³/mol. The number of ether oxygens (including phenoxy) is 1. The number of nitrogens with zero attached hydrogens (tertiary/aromatic N) is 1. The van der Waals surface area contributed by atoms with Crippen molar-refractivity contribution in [3.63, 3.8) is 0 Å². The highest BCUT2D eigenvalue weighted by Crippen LogP contribution is 2.38. The van der Waals surface area contributed by atoms with Crippen LogP contribution in [0.15, 0.2) is 88.3 Å². The van der Waals surface area contributed by atoms with Gasteiger partial charge in [-0.05, 0) is 72.8 Å². The maximum Gasteiger partial charge on any atom is 0.283 e. The second-order valence-electron chi connectivity index (χ2n) is 6.54. The Balaban J connectivity index is 1.71. The fourth-order valence-electron chi connectivity index (χ4n) is 2.98. The van der Waals surface area contributed by atoms with Gasteiger partial charge in [0.15, 0.2) is 0 Å². The number of nitrogens with one attached hydrogen (secondary N) is 1. The van der Waals surface area contributed by atoms with Crippen LogP contribution in [0.5, 0.6) is 5.75 Å². The quantitative estimate of drug-likeness (QED) is 0.448. The normalized spacial score (nSPS) is 13.7. The number of benzene rings is 3. The zero-order chi connectivity index (χ0) is 22.0. The van der Waals surface area contributed by atoms with Gasteiger partial charge in [0.2, 0.25) is 0 Å². The van der Waals surface area contributed by atoms with Gasteiger partial charge in [0.25, 0.3) is 11.8 Å². The third kappa shape index (κ3) is 4.56. The van der Waals surface area contributed by atoms with Crippen molar-refractivity contribution in [1.29, 1.82) is 0 Å². The number of carbonyl (C=O) groups excluding carboxylic acids is 2. The first-order chi connectivity index (χ1) is 15.0. The molecule has 0 unspecified atom stereocenters. The van der Waals surface area contributed by atoms with Gasteiger partial charge in [0, 0.05) is 20.6 Å². The highest BCUT2D eigenvalue weighted by Gasteiger charge is 2.40. The van der Waals surface area contributed by atoms with Crippen LogP contribution in [0.2, 0.25) is 10.0 Å². The number of hydrogen-bond donors (Lipinski definition) is 1. The second-order valence-corrected chi connectivity index (χ2v) is 8.49. The van der Waals surface area contributed by atoms with Crippen LogP contribution in [0.4, 0.5) is 11.4 Å². The van der Waals surface area contributed by atoms with Crippen molar-refractivity contribution < 1.29 is 14.3 Å². The number of amides is 2. The average Bonchev–Trinajstić information content (AvgIpc) is 3.01. The standard InChI is InChI=1S/C23H16Cl2N2O3S/c1-30-18-10-8-17(9-11-18)27-22(28)20(26-16-6-2-14(24)3-7-16)21(23(27)29)31-19-12-4-15(25)5-13-19/h2-13,26H,1H3. The Bertz CT molecular complexity index is 1090. The number of imide groups is 1. The van der Waals surface area contributed by atoms with Gasteiger partial charge in [0.05, 0.1) is 12.8 Å². The van der Waals surface area contributed by atoms with Gasteiger partial charge in [-0.3, -0.25) is 9.59 Å². The highest BCUT2D eigenvalue weighted by atomic mass is 35.5. The van der Waals surface area contributed by atoms with Crippen LogP contribution in [-0.2, 0) is 9.59 Å². The minimum Gasteiger partial charge on any atom is -0.497 e. The molecule has 0 aliphatic carbocycles. The largest absolute Gasteiger partial charge is 0.497 e. The molecule has 8 heteroatoms. The number of carbonyl (C=O) groups is 2. The number of halogens is 2.